The van der Waals surface area contributed by atoms with E-state index in [0.29, 0.717) is 13.2 Å². The van der Waals surface area contributed by atoms with Gasteiger partial charge in [0.2, 0.25) is 0 Å². The summed E-state index contributed by atoms with van der Waals surface area (Å²) in [5.41, 5.74) is 0. The SMILES string of the molecule is CCOCC(C)C=NO. The predicted octanol–water partition coefficient (Wildman–Crippen LogP) is 1.12. The molecule has 54 valence electrons. The first-order valence-electron chi connectivity index (χ1n) is 3.06. The van der Waals surface area contributed by atoms with Crippen molar-refractivity contribution in [2.45, 2.75) is 13.8 Å². The van der Waals surface area contributed by atoms with E-state index in [1.54, 1.807) is 0 Å². The minimum absolute atomic E-state index is 0.204. The van der Waals surface area contributed by atoms with Crippen molar-refractivity contribution in [3.05, 3.63) is 0 Å². The Morgan fingerprint density at radius 2 is 2.44 bits per heavy atom. The zero-order chi connectivity index (χ0) is 7.11. The molecule has 0 fully saturated rings. The normalized spacial score (nSPS) is 14.4. The molecule has 0 heterocycles. The second kappa shape index (κ2) is 5.56. The van der Waals surface area contributed by atoms with Gasteiger partial charge in [-0.3, -0.25) is 0 Å². The van der Waals surface area contributed by atoms with E-state index in [0.717, 1.165) is 0 Å². The Morgan fingerprint density at radius 1 is 1.78 bits per heavy atom. The summed E-state index contributed by atoms with van der Waals surface area (Å²) in [5, 5.41) is 10.9. The van der Waals surface area contributed by atoms with Crippen LogP contribution in [0.3, 0.4) is 0 Å². The van der Waals surface area contributed by atoms with Crippen LogP contribution in [0.1, 0.15) is 13.8 Å². The molecule has 0 radical (unpaired) electrons. The number of ether oxygens (including phenoxy) is 1. The van der Waals surface area contributed by atoms with Crippen molar-refractivity contribution in [1.82, 2.24) is 0 Å². The van der Waals surface area contributed by atoms with Gasteiger partial charge in [0.05, 0.1) is 6.61 Å². The highest BCUT2D eigenvalue weighted by Crippen LogP contribution is 1.90. The van der Waals surface area contributed by atoms with Crippen LogP contribution in [-0.4, -0.2) is 24.6 Å². The average Bonchev–Trinajstić information content (AvgIpc) is 1.85. The Balaban J connectivity index is 3.15. The molecule has 0 aromatic heterocycles. The third-order valence-electron chi connectivity index (χ3n) is 0.906. The van der Waals surface area contributed by atoms with Crippen LogP contribution in [0, 0.1) is 5.92 Å². The van der Waals surface area contributed by atoms with E-state index in [-0.39, 0.29) is 5.92 Å². The van der Waals surface area contributed by atoms with Gasteiger partial charge in [0.25, 0.3) is 0 Å². The number of hydrogen-bond acceptors (Lipinski definition) is 3. The van der Waals surface area contributed by atoms with Gasteiger partial charge in [0.15, 0.2) is 0 Å². The van der Waals surface area contributed by atoms with Gasteiger partial charge in [-0.25, -0.2) is 0 Å². The van der Waals surface area contributed by atoms with Crippen molar-refractivity contribution < 1.29 is 9.94 Å². The van der Waals surface area contributed by atoms with E-state index in [1.165, 1.54) is 6.21 Å². The van der Waals surface area contributed by atoms with Crippen LogP contribution in [0.25, 0.3) is 0 Å². The third-order valence-corrected chi connectivity index (χ3v) is 0.906. The van der Waals surface area contributed by atoms with Gasteiger partial charge in [0.1, 0.15) is 0 Å². The molecular formula is C6H13NO2. The summed E-state index contributed by atoms with van der Waals surface area (Å²) in [6.07, 6.45) is 1.45. The van der Waals surface area contributed by atoms with Crippen LogP contribution in [0.5, 0.6) is 0 Å². The summed E-state index contributed by atoms with van der Waals surface area (Å²) in [6, 6.07) is 0. The largest absolute Gasteiger partial charge is 0.411 e. The zero-order valence-corrected chi connectivity index (χ0v) is 5.87. The maximum Gasteiger partial charge on any atom is 0.0542 e. The molecule has 0 aromatic rings. The topological polar surface area (TPSA) is 41.8 Å². The molecule has 0 aliphatic rings. The van der Waals surface area contributed by atoms with Crippen molar-refractivity contribution in [2.24, 2.45) is 11.1 Å². The lowest BCUT2D eigenvalue weighted by atomic mass is 10.2. The maximum atomic E-state index is 8.05. The lowest BCUT2D eigenvalue weighted by molar-refractivity contribution is 0.134. The molecule has 1 atom stereocenters. The summed E-state index contributed by atoms with van der Waals surface area (Å²) < 4.78 is 5.05. The van der Waals surface area contributed by atoms with Gasteiger partial charge in [-0.15, -0.1) is 5.16 Å². The summed E-state index contributed by atoms with van der Waals surface area (Å²) in [6.45, 7) is 5.20. The second-order valence-electron chi connectivity index (χ2n) is 1.90. The van der Waals surface area contributed by atoms with Crippen molar-refractivity contribution >= 4 is 6.21 Å². The molecular weight excluding hydrogens is 118 g/mol. The first kappa shape index (κ1) is 8.43. The van der Waals surface area contributed by atoms with Crippen molar-refractivity contribution in [3.63, 3.8) is 0 Å². The third kappa shape index (κ3) is 5.30. The first-order chi connectivity index (χ1) is 4.31. The fourth-order valence-corrected chi connectivity index (χ4v) is 0.461. The second-order valence-corrected chi connectivity index (χ2v) is 1.90. The Bertz CT molecular complexity index is 83.1. The van der Waals surface area contributed by atoms with Gasteiger partial charge >= 0.3 is 0 Å². The lowest BCUT2D eigenvalue weighted by Gasteiger charge is -2.02. The van der Waals surface area contributed by atoms with Gasteiger partial charge in [-0.1, -0.05) is 6.92 Å². The summed E-state index contributed by atoms with van der Waals surface area (Å²) in [5.74, 6) is 0.204. The molecule has 3 heteroatoms. The number of rotatable bonds is 4. The standard InChI is InChI=1S/C6H13NO2/c1-3-9-5-6(2)4-7-8/h4,6,8H,3,5H2,1-2H3. The minimum Gasteiger partial charge on any atom is -0.411 e. The van der Waals surface area contributed by atoms with E-state index >= 15 is 0 Å². The molecule has 1 unspecified atom stereocenters. The summed E-state index contributed by atoms with van der Waals surface area (Å²) in [4.78, 5) is 0. The molecule has 1 N–H and O–H groups in total. The predicted molar refractivity (Wildman–Crippen MR) is 35.9 cm³/mol. The van der Waals surface area contributed by atoms with Crippen molar-refractivity contribution in [3.8, 4) is 0 Å². The molecule has 0 saturated carbocycles. The number of oxime groups is 1. The van der Waals surface area contributed by atoms with E-state index in [2.05, 4.69) is 5.16 Å². The van der Waals surface area contributed by atoms with Gasteiger partial charge in [-0.05, 0) is 6.92 Å². The van der Waals surface area contributed by atoms with Crippen molar-refractivity contribution in [2.75, 3.05) is 13.2 Å². The Labute approximate surface area is 55.3 Å². The Morgan fingerprint density at radius 3 is 2.89 bits per heavy atom. The molecule has 0 spiro atoms. The van der Waals surface area contributed by atoms with E-state index in [9.17, 15) is 0 Å². The van der Waals surface area contributed by atoms with Crippen LogP contribution in [0.2, 0.25) is 0 Å². The maximum absolute atomic E-state index is 8.05. The minimum atomic E-state index is 0.204. The summed E-state index contributed by atoms with van der Waals surface area (Å²) >= 11 is 0. The van der Waals surface area contributed by atoms with Crippen LogP contribution >= 0.6 is 0 Å². The van der Waals surface area contributed by atoms with Crippen LogP contribution in [-0.2, 0) is 4.74 Å². The highest BCUT2D eigenvalue weighted by molar-refractivity contribution is 5.59. The lowest BCUT2D eigenvalue weighted by Crippen LogP contribution is -2.06. The van der Waals surface area contributed by atoms with Crippen LogP contribution in [0.4, 0.5) is 0 Å². The van der Waals surface area contributed by atoms with E-state index < -0.39 is 0 Å². The van der Waals surface area contributed by atoms with Gasteiger partial charge in [-0.2, -0.15) is 0 Å². The van der Waals surface area contributed by atoms with E-state index in [1.807, 2.05) is 13.8 Å². The van der Waals surface area contributed by atoms with E-state index in [4.69, 9.17) is 9.94 Å². The molecule has 3 nitrogen and oxygen atoms in total. The highest BCUT2D eigenvalue weighted by atomic mass is 16.5. The quantitative estimate of drug-likeness (QED) is 0.353. The monoisotopic (exact) mass is 131 g/mol. The smallest absolute Gasteiger partial charge is 0.0542 e. The fraction of sp³-hybridized carbons (Fsp3) is 0.833. The highest BCUT2D eigenvalue weighted by Gasteiger charge is 1.95. The number of nitrogens with zero attached hydrogens (tertiary/aromatic N) is 1. The van der Waals surface area contributed by atoms with Gasteiger partial charge in [0, 0.05) is 18.7 Å². The molecule has 0 saturated heterocycles. The average molecular weight is 131 g/mol. The van der Waals surface area contributed by atoms with Crippen molar-refractivity contribution in [1.29, 1.82) is 0 Å². The summed E-state index contributed by atoms with van der Waals surface area (Å²) in [7, 11) is 0. The van der Waals surface area contributed by atoms with Gasteiger partial charge < -0.3 is 9.94 Å². The zero-order valence-electron chi connectivity index (χ0n) is 5.87. The van der Waals surface area contributed by atoms with Crippen LogP contribution in [0.15, 0.2) is 5.16 Å². The molecule has 0 bridgehead atoms. The van der Waals surface area contributed by atoms with Crippen LogP contribution < -0.4 is 0 Å². The first-order valence-corrected chi connectivity index (χ1v) is 3.06. The molecule has 0 aliphatic heterocycles. The number of hydrogen-bond donors (Lipinski definition) is 1. The molecule has 0 rings (SSSR count). The molecule has 0 amide bonds. The molecule has 0 aromatic carbocycles. The fourth-order valence-electron chi connectivity index (χ4n) is 0.461. The Hall–Kier alpha value is -0.570. The molecule has 9 heavy (non-hydrogen) atoms. The molecule has 0 aliphatic carbocycles. The Kier molecular flexibility index (Phi) is 5.21.